The number of nitrogens with one attached hydrogen (secondary N) is 2. The lowest BCUT2D eigenvalue weighted by Gasteiger charge is -2.16. The number of urea groups is 1. The predicted octanol–water partition coefficient (Wildman–Crippen LogP) is 4.94. The van der Waals surface area contributed by atoms with E-state index in [1.165, 1.54) is 0 Å². The van der Waals surface area contributed by atoms with E-state index in [0.717, 1.165) is 22.0 Å². The third-order valence-electron chi connectivity index (χ3n) is 7.13. The van der Waals surface area contributed by atoms with Crippen LogP contribution in [-0.4, -0.2) is 99.5 Å². The molecule has 0 aliphatic carbocycles. The summed E-state index contributed by atoms with van der Waals surface area (Å²) >= 11 is 0. The van der Waals surface area contributed by atoms with Crippen LogP contribution in [0.15, 0.2) is 85.2 Å². The number of aromatic nitrogens is 1. The number of hydrogen-bond acceptors (Lipinski definition) is 9. The Kier molecular flexibility index (Phi) is 17.1. The molecule has 2 N–H and O–H groups in total. The van der Waals surface area contributed by atoms with E-state index in [0.29, 0.717) is 103 Å². The molecule has 0 unspecified atom stereocenters. The Morgan fingerprint density at radius 1 is 0.612 bits per heavy atom. The highest BCUT2D eigenvalue weighted by Crippen LogP contribution is 2.31. The summed E-state index contributed by atoms with van der Waals surface area (Å²) in [6.07, 6.45) is 3.80. The third-order valence-corrected chi connectivity index (χ3v) is 7.13. The Hall–Kier alpha value is -4.30. The van der Waals surface area contributed by atoms with Crippen molar-refractivity contribution in [3.63, 3.8) is 0 Å². The summed E-state index contributed by atoms with van der Waals surface area (Å²) in [6, 6.07) is 22.9. The van der Waals surface area contributed by atoms with Crippen LogP contribution in [0.2, 0.25) is 0 Å². The quantitative estimate of drug-likeness (QED) is 0.0785. The fourth-order valence-electron chi connectivity index (χ4n) is 4.81. The van der Waals surface area contributed by atoms with Gasteiger partial charge in [-0.05, 0) is 29.7 Å². The second-order valence-electron chi connectivity index (χ2n) is 10.7. The van der Waals surface area contributed by atoms with Crippen molar-refractivity contribution < 1.29 is 47.3 Å². The van der Waals surface area contributed by atoms with E-state index in [1.54, 1.807) is 14.2 Å². The zero-order valence-corrected chi connectivity index (χ0v) is 28.4. The number of ether oxygens (including phenoxy) is 8. The third kappa shape index (κ3) is 13.6. The Labute approximate surface area is 288 Å². The second kappa shape index (κ2) is 22.4. The molecule has 0 spiro atoms. The zero-order valence-electron chi connectivity index (χ0n) is 28.4. The van der Waals surface area contributed by atoms with Crippen LogP contribution in [0.25, 0.3) is 10.8 Å². The van der Waals surface area contributed by atoms with Crippen LogP contribution in [0.4, 0.5) is 16.2 Å². The van der Waals surface area contributed by atoms with Gasteiger partial charge < -0.3 is 48.5 Å². The lowest BCUT2D eigenvalue weighted by molar-refractivity contribution is -0.687. The average Bonchev–Trinajstić information content (AvgIpc) is 3.11. The van der Waals surface area contributed by atoms with Gasteiger partial charge >= 0.3 is 6.03 Å². The number of carbonyl (C=O) groups excluding carboxylic acids is 1. The number of hydrogen-bond donors (Lipinski definition) is 2. The van der Waals surface area contributed by atoms with E-state index >= 15 is 0 Å². The Morgan fingerprint density at radius 3 is 1.94 bits per heavy atom. The second-order valence-corrected chi connectivity index (χ2v) is 10.7. The molecule has 4 aromatic rings. The molecule has 3 aromatic carbocycles. The summed E-state index contributed by atoms with van der Waals surface area (Å²) in [4.78, 5) is 13.0. The van der Waals surface area contributed by atoms with E-state index in [4.69, 9.17) is 37.9 Å². The van der Waals surface area contributed by atoms with Crippen LogP contribution in [0, 0.1) is 0 Å². The maximum absolute atomic E-state index is 13.0. The molecule has 0 saturated carbocycles. The molecule has 1 heterocycles. The van der Waals surface area contributed by atoms with Gasteiger partial charge in [-0.2, -0.15) is 4.57 Å². The van der Waals surface area contributed by atoms with Crippen molar-refractivity contribution in [3.05, 3.63) is 90.8 Å². The highest BCUT2D eigenvalue weighted by atomic mass is 16.6. The number of carbonyl (C=O) groups is 1. The van der Waals surface area contributed by atoms with Crippen molar-refractivity contribution in [2.45, 2.75) is 6.54 Å². The minimum atomic E-state index is -0.332. The molecule has 12 nitrogen and oxygen atoms in total. The van der Waals surface area contributed by atoms with E-state index in [1.807, 2.05) is 89.8 Å². The van der Waals surface area contributed by atoms with Gasteiger partial charge in [-0.3, -0.25) is 0 Å². The number of amides is 2. The van der Waals surface area contributed by atoms with Crippen LogP contribution in [-0.2, 0) is 35.0 Å². The van der Waals surface area contributed by atoms with Gasteiger partial charge in [0.2, 0.25) is 0 Å². The Bertz CT molecular complexity index is 1530. The molecule has 264 valence electrons. The van der Waals surface area contributed by atoms with Crippen molar-refractivity contribution in [1.82, 2.24) is 0 Å². The average molecular weight is 679 g/mol. The summed E-state index contributed by atoms with van der Waals surface area (Å²) in [6.45, 7) is 5.94. The highest BCUT2D eigenvalue weighted by Gasteiger charge is 2.16. The van der Waals surface area contributed by atoms with Gasteiger partial charge in [-0.15, -0.1) is 0 Å². The normalized spacial score (nSPS) is 11.1. The van der Waals surface area contributed by atoms with E-state index in [2.05, 4.69) is 10.6 Å². The molecule has 0 saturated heterocycles. The van der Waals surface area contributed by atoms with Crippen LogP contribution < -0.4 is 24.7 Å². The first-order chi connectivity index (χ1) is 24.2. The van der Waals surface area contributed by atoms with Crippen molar-refractivity contribution in [2.75, 3.05) is 104 Å². The molecule has 0 fully saturated rings. The largest absolute Gasteiger partial charge is 0.487 e. The maximum atomic E-state index is 13.0. The molecule has 0 aliphatic rings. The predicted molar refractivity (Wildman–Crippen MR) is 187 cm³/mol. The van der Waals surface area contributed by atoms with Crippen LogP contribution in [0.3, 0.4) is 0 Å². The zero-order chi connectivity index (χ0) is 34.4. The molecule has 49 heavy (non-hydrogen) atoms. The molecule has 4 rings (SSSR count). The highest BCUT2D eigenvalue weighted by molar-refractivity contribution is 6.06. The lowest BCUT2D eigenvalue weighted by Crippen LogP contribution is -2.34. The summed E-state index contributed by atoms with van der Waals surface area (Å²) in [5, 5.41) is 7.94. The van der Waals surface area contributed by atoms with Gasteiger partial charge in [0.15, 0.2) is 30.4 Å². The molecule has 1 aromatic heterocycles. The van der Waals surface area contributed by atoms with Crippen LogP contribution in [0.1, 0.15) is 5.56 Å². The van der Waals surface area contributed by atoms with Gasteiger partial charge in [0.05, 0.1) is 77.3 Å². The van der Waals surface area contributed by atoms with Crippen molar-refractivity contribution in [1.29, 1.82) is 0 Å². The number of anilines is 2. The molecule has 0 bridgehead atoms. The number of rotatable bonds is 24. The van der Waals surface area contributed by atoms with E-state index in [-0.39, 0.29) is 6.03 Å². The monoisotopic (exact) mass is 678 g/mol. The van der Waals surface area contributed by atoms with Gasteiger partial charge in [0.1, 0.15) is 18.9 Å². The molecule has 0 atom stereocenters. The maximum Gasteiger partial charge on any atom is 0.323 e. The number of pyridine rings is 1. The standard InChI is InChI=1S/C37H47N3O9/c1-42-16-18-44-20-22-46-24-26-48-35-14-6-10-31(36(35)49-27-25-47-23-21-45-19-17-43-2)28-40-15-7-11-32(29-40)38-37(41)39-34-13-5-9-30-8-3-4-12-33(30)34/h3-15,29H,16-28H2,1-2H3,(H-,38,39,41)/p+1. The minimum Gasteiger partial charge on any atom is -0.487 e. The number of fused-ring (bicyclic) bond motifs is 1. The lowest BCUT2D eigenvalue weighted by atomic mass is 10.1. The first kappa shape index (κ1) is 37.5. The van der Waals surface area contributed by atoms with Crippen molar-refractivity contribution >= 4 is 28.2 Å². The first-order valence-electron chi connectivity index (χ1n) is 16.4. The molecule has 2 amide bonds. The Balaban J connectivity index is 1.35. The molecular weight excluding hydrogens is 630 g/mol. The van der Waals surface area contributed by atoms with Crippen LogP contribution >= 0.6 is 0 Å². The van der Waals surface area contributed by atoms with Crippen molar-refractivity contribution in [3.8, 4) is 11.5 Å². The van der Waals surface area contributed by atoms with Gasteiger partial charge in [-0.1, -0.05) is 42.5 Å². The number of methoxy groups -OCH3 is 2. The minimum absolute atomic E-state index is 0.321. The molecule has 12 heteroatoms. The van der Waals surface area contributed by atoms with Gasteiger partial charge in [0.25, 0.3) is 0 Å². The fourth-order valence-corrected chi connectivity index (χ4v) is 4.81. The number of nitrogens with zero attached hydrogens (tertiary/aromatic N) is 1. The summed E-state index contributed by atoms with van der Waals surface area (Å²) in [7, 11) is 3.28. The van der Waals surface area contributed by atoms with Crippen molar-refractivity contribution in [2.24, 2.45) is 0 Å². The summed E-state index contributed by atoms with van der Waals surface area (Å²) in [5.41, 5.74) is 2.27. The summed E-state index contributed by atoms with van der Waals surface area (Å²) < 4.78 is 46.5. The molecule has 0 radical (unpaired) electrons. The molecule has 0 aliphatic heterocycles. The topological polar surface area (TPSA) is 119 Å². The smallest absolute Gasteiger partial charge is 0.323 e. The number of benzene rings is 3. The van der Waals surface area contributed by atoms with E-state index < -0.39 is 0 Å². The fraction of sp³-hybridized carbons (Fsp3) is 0.405. The van der Waals surface area contributed by atoms with E-state index in [9.17, 15) is 4.79 Å². The first-order valence-corrected chi connectivity index (χ1v) is 16.4. The molecular formula is C37H48N3O9+. The Morgan fingerprint density at radius 2 is 1.22 bits per heavy atom. The summed E-state index contributed by atoms with van der Waals surface area (Å²) in [5.74, 6) is 1.22. The number of para-hydroxylation sites is 1. The van der Waals surface area contributed by atoms with Crippen LogP contribution in [0.5, 0.6) is 11.5 Å². The van der Waals surface area contributed by atoms with Gasteiger partial charge in [0, 0.05) is 25.7 Å². The van der Waals surface area contributed by atoms with Gasteiger partial charge in [-0.25, -0.2) is 4.79 Å². The SMILES string of the molecule is COCCOCCOCCOc1cccc(C[n+]2cccc(NC(=O)Nc3cccc4ccccc34)c2)c1OCCOCCOCCOC.